The Morgan fingerprint density at radius 2 is 0.976 bits per heavy atom. The van der Waals surface area contributed by atoms with Crippen LogP contribution in [-0.4, -0.2) is 9.97 Å². The molecule has 2 aromatic heterocycles. The Bertz CT molecular complexity index is 1970. The molecule has 0 aliphatic carbocycles. The molecule has 0 spiro atoms. The molecule has 0 aliphatic rings. The van der Waals surface area contributed by atoms with Crippen molar-refractivity contribution in [3.05, 3.63) is 153 Å². The molecule has 2 heterocycles. The predicted octanol–water partition coefficient (Wildman–Crippen LogP) is 8.10. The maximum atomic E-state index is 5.58. The first kappa shape index (κ1) is 28.7. The minimum atomic E-state index is 0.688. The highest BCUT2D eigenvalue weighted by Crippen LogP contribution is 2.24. The SMILES string of the molecule is C#Cc1cccc2cccc(C#Cc3ccccn3)c12.C#Cc1cccc2cccc(I)c12.C#Cc1ccccn1. The van der Waals surface area contributed by atoms with Crippen molar-refractivity contribution in [2.75, 3.05) is 0 Å². The van der Waals surface area contributed by atoms with E-state index in [4.69, 9.17) is 19.3 Å². The van der Waals surface area contributed by atoms with Gasteiger partial charge >= 0.3 is 0 Å². The Balaban J connectivity index is 0.000000158. The van der Waals surface area contributed by atoms with Crippen LogP contribution < -0.4 is 0 Å². The molecular weight excluding hydrogens is 611 g/mol. The third kappa shape index (κ3) is 7.62. The Morgan fingerprint density at radius 3 is 1.49 bits per heavy atom. The molecule has 0 saturated carbocycles. The highest BCUT2D eigenvalue weighted by atomic mass is 127. The zero-order valence-corrected chi connectivity index (χ0v) is 24.2. The molecule has 0 unspecified atom stereocenters. The highest BCUT2D eigenvalue weighted by molar-refractivity contribution is 14.1. The molecule has 41 heavy (non-hydrogen) atoms. The van der Waals surface area contributed by atoms with Gasteiger partial charge in [-0.1, -0.05) is 84.3 Å². The van der Waals surface area contributed by atoms with Crippen molar-refractivity contribution in [1.29, 1.82) is 0 Å². The summed E-state index contributed by atoms with van der Waals surface area (Å²) >= 11 is 2.31. The van der Waals surface area contributed by atoms with Gasteiger partial charge in [0.25, 0.3) is 0 Å². The van der Waals surface area contributed by atoms with Crippen molar-refractivity contribution in [3.63, 3.8) is 0 Å². The van der Waals surface area contributed by atoms with E-state index in [1.54, 1.807) is 18.5 Å². The minimum Gasteiger partial charge on any atom is -0.248 e. The Hall–Kier alpha value is -5.33. The molecule has 0 fully saturated rings. The molecule has 6 aromatic rings. The lowest BCUT2D eigenvalue weighted by atomic mass is 10.00. The number of aromatic nitrogens is 2. The van der Waals surface area contributed by atoms with Crippen molar-refractivity contribution in [2.45, 2.75) is 0 Å². The van der Waals surface area contributed by atoms with Gasteiger partial charge in [-0.05, 0) is 87.8 Å². The molecular formula is C38H23IN2. The summed E-state index contributed by atoms with van der Waals surface area (Å²) in [4.78, 5) is 8.06. The third-order valence-electron chi connectivity index (χ3n) is 5.87. The summed E-state index contributed by atoms with van der Waals surface area (Å²) in [6.45, 7) is 0. The van der Waals surface area contributed by atoms with E-state index in [0.29, 0.717) is 5.69 Å². The Kier molecular flexibility index (Phi) is 10.3. The molecule has 0 saturated heterocycles. The molecule has 3 heteroatoms. The summed E-state index contributed by atoms with van der Waals surface area (Å²) in [5.41, 5.74) is 4.22. The van der Waals surface area contributed by atoms with Crippen LogP contribution in [0.3, 0.4) is 0 Å². The van der Waals surface area contributed by atoms with Crippen LogP contribution in [0.2, 0.25) is 0 Å². The molecule has 192 valence electrons. The van der Waals surface area contributed by atoms with E-state index < -0.39 is 0 Å². The van der Waals surface area contributed by atoms with Crippen LogP contribution in [0.1, 0.15) is 28.1 Å². The van der Waals surface area contributed by atoms with Crippen LogP contribution in [0.4, 0.5) is 0 Å². The highest BCUT2D eigenvalue weighted by Gasteiger charge is 2.03. The van der Waals surface area contributed by atoms with Crippen LogP contribution in [0.15, 0.2) is 122 Å². The van der Waals surface area contributed by atoms with Gasteiger partial charge in [0, 0.05) is 43.4 Å². The fraction of sp³-hybridized carbons (Fsp3) is 0. The van der Waals surface area contributed by atoms with Gasteiger partial charge in [0.2, 0.25) is 0 Å². The average Bonchev–Trinajstić information content (AvgIpc) is 3.04. The lowest BCUT2D eigenvalue weighted by Gasteiger charge is -2.03. The van der Waals surface area contributed by atoms with E-state index in [2.05, 4.69) is 80.4 Å². The molecule has 4 aromatic carbocycles. The quantitative estimate of drug-likeness (QED) is 0.125. The summed E-state index contributed by atoms with van der Waals surface area (Å²) in [6, 6.07) is 35.4. The van der Waals surface area contributed by atoms with E-state index in [1.165, 1.54) is 14.3 Å². The van der Waals surface area contributed by atoms with Gasteiger partial charge in [0.05, 0.1) is 0 Å². The average molecular weight is 635 g/mol. The second kappa shape index (κ2) is 14.7. The molecule has 0 N–H and O–H groups in total. The number of rotatable bonds is 0. The molecule has 6 rings (SSSR count). The van der Waals surface area contributed by atoms with Gasteiger partial charge in [-0.15, -0.1) is 19.3 Å². The first-order valence-corrected chi connectivity index (χ1v) is 13.7. The number of fused-ring (bicyclic) bond motifs is 2. The van der Waals surface area contributed by atoms with E-state index in [-0.39, 0.29) is 0 Å². The van der Waals surface area contributed by atoms with Gasteiger partial charge in [0.15, 0.2) is 0 Å². The van der Waals surface area contributed by atoms with Crippen LogP contribution in [0.25, 0.3) is 21.5 Å². The van der Waals surface area contributed by atoms with E-state index in [9.17, 15) is 0 Å². The zero-order chi connectivity index (χ0) is 28.9. The smallest absolute Gasteiger partial charge is 0.113 e. The van der Waals surface area contributed by atoms with Crippen LogP contribution in [0, 0.1) is 52.4 Å². The number of terminal acetylenes is 3. The standard InChI is InChI=1S/C19H11N.C12H7I.C7H5N/c1-2-15-7-5-8-16-9-6-10-17(19(15)16)12-13-18-11-3-4-14-20-18;1-2-9-5-3-6-10-7-4-8-11(13)12(9)10;1-2-7-5-3-4-6-8-7/h1,3-11,14H;1,3-8H;1,3-6H. The molecule has 0 atom stereocenters. The van der Waals surface area contributed by atoms with Gasteiger partial charge in [-0.25, -0.2) is 9.97 Å². The Morgan fingerprint density at radius 1 is 0.463 bits per heavy atom. The summed E-state index contributed by atoms with van der Waals surface area (Å²) in [5, 5.41) is 4.53. The van der Waals surface area contributed by atoms with Crippen LogP contribution in [0.5, 0.6) is 0 Å². The molecule has 0 bridgehead atoms. The zero-order valence-electron chi connectivity index (χ0n) is 22.1. The Labute approximate surface area is 255 Å². The summed E-state index contributed by atoms with van der Waals surface area (Å²) in [6.07, 6.45) is 19.5. The van der Waals surface area contributed by atoms with Crippen molar-refractivity contribution >= 4 is 44.1 Å². The fourth-order valence-corrected chi connectivity index (χ4v) is 4.81. The minimum absolute atomic E-state index is 0.688. The first-order valence-electron chi connectivity index (χ1n) is 12.6. The lowest BCUT2D eigenvalue weighted by Crippen LogP contribution is -1.85. The molecule has 0 amide bonds. The number of hydrogen-bond acceptors (Lipinski definition) is 2. The maximum absolute atomic E-state index is 5.58. The third-order valence-corrected chi connectivity index (χ3v) is 6.77. The second-order valence-corrected chi connectivity index (χ2v) is 9.63. The summed E-state index contributed by atoms with van der Waals surface area (Å²) in [7, 11) is 0. The number of benzene rings is 4. The van der Waals surface area contributed by atoms with Crippen molar-refractivity contribution in [2.24, 2.45) is 0 Å². The van der Waals surface area contributed by atoms with Gasteiger partial charge in [-0.2, -0.15) is 0 Å². The monoisotopic (exact) mass is 634 g/mol. The summed E-state index contributed by atoms with van der Waals surface area (Å²) < 4.78 is 1.21. The van der Waals surface area contributed by atoms with Gasteiger partial charge in [0.1, 0.15) is 11.4 Å². The van der Waals surface area contributed by atoms with Gasteiger partial charge in [-0.3, -0.25) is 0 Å². The van der Waals surface area contributed by atoms with Crippen molar-refractivity contribution in [1.82, 2.24) is 9.97 Å². The molecule has 0 aliphatic heterocycles. The van der Waals surface area contributed by atoms with Crippen LogP contribution in [-0.2, 0) is 0 Å². The summed E-state index contributed by atoms with van der Waals surface area (Å²) in [5.74, 6) is 14.1. The van der Waals surface area contributed by atoms with E-state index >= 15 is 0 Å². The number of halogens is 1. The number of hydrogen-bond donors (Lipinski definition) is 0. The second-order valence-electron chi connectivity index (χ2n) is 8.47. The maximum Gasteiger partial charge on any atom is 0.113 e. The van der Waals surface area contributed by atoms with E-state index in [0.717, 1.165) is 33.2 Å². The topological polar surface area (TPSA) is 25.8 Å². The molecule has 0 radical (unpaired) electrons. The van der Waals surface area contributed by atoms with Crippen molar-refractivity contribution in [3.8, 4) is 48.9 Å². The fourth-order valence-electron chi connectivity index (χ4n) is 4.00. The largest absolute Gasteiger partial charge is 0.248 e. The number of nitrogens with zero attached hydrogens (tertiary/aromatic N) is 2. The van der Waals surface area contributed by atoms with Gasteiger partial charge < -0.3 is 0 Å². The van der Waals surface area contributed by atoms with E-state index in [1.807, 2.05) is 84.9 Å². The lowest BCUT2D eigenvalue weighted by molar-refractivity contribution is 1.29. The predicted molar refractivity (Wildman–Crippen MR) is 179 cm³/mol. The van der Waals surface area contributed by atoms with Crippen LogP contribution >= 0.6 is 22.6 Å². The first-order chi connectivity index (χ1) is 20.1. The molecule has 2 nitrogen and oxygen atoms in total. The number of pyridine rings is 2. The van der Waals surface area contributed by atoms with Crippen molar-refractivity contribution < 1.29 is 0 Å². The normalized spacial score (nSPS) is 9.32.